The lowest BCUT2D eigenvalue weighted by atomic mass is 10.1. The molecule has 0 spiro atoms. The summed E-state index contributed by atoms with van der Waals surface area (Å²) >= 11 is 7.09. The second-order valence-electron chi connectivity index (χ2n) is 4.28. The molecule has 0 saturated heterocycles. The molecule has 1 aromatic heterocycles. The maximum Gasteiger partial charge on any atom is 0.244 e. The summed E-state index contributed by atoms with van der Waals surface area (Å²) in [5, 5.41) is 14.3. The normalized spacial score (nSPS) is 12.5. The lowest BCUT2D eigenvalue weighted by molar-refractivity contribution is -0.116. The fraction of sp³-hybridized carbons (Fsp3) is 0.133. The van der Waals surface area contributed by atoms with Crippen molar-refractivity contribution in [3.63, 3.8) is 0 Å². The van der Waals surface area contributed by atoms with Gasteiger partial charge in [0.1, 0.15) is 5.82 Å². The van der Waals surface area contributed by atoms with Crippen LogP contribution in [-0.4, -0.2) is 17.6 Å². The summed E-state index contributed by atoms with van der Waals surface area (Å²) in [5.74, 6) is -0.922. The fourth-order valence-corrected chi connectivity index (χ4v) is 2.37. The first kappa shape index (κ1) is 15.7. The Morgan fingerprint density at radius 3 is 2.95 bits per heavy atom. The number of carbonyl (C=O) groups is 1. The van der Waals surface area contributed by atoms with E-state index in [2.05, 4.69) is 5.32 Å². The molecule has 0 saturated carbocycles. The highest BCUT2D eigenvalue weighted by Gasteiger charge is 2.10. The van der Waals surface area contributed by atoms with Crippen LogP contribution in [0, 0.1) is 5.82 Å². The van der Waals surface area contributed by atoms with E-state index in [0.717, 1.165) is 10.9 Å². The molecule has 0 aliphatic rings. The number of aliphatic hydroxyl groups is 1. The van der Waals surface area contributed by atoms with Crippen LogP contribution >= 0.6 is 22.9 Å². The Labute approximate surface area is 130 Å². The second kappa shape index (κ2) is 7.36. The molecule has 1 amide bonds. The molecular weight excluding hydrogens is 313 g/mol. The molecule has 0 aliphatic heterocycles. The standard InChI is InChI=1S/C15H13ClFNO2S/c16-12-5-3-10(8-13(12)17)14(19)9-18-15(20)6-4-11-2-1-7-21-11/h1-8,14,19H,9H2,(H,18,20)/b6-4+. The van der Waals surface area contributed by atoms with Gasteiger partial charge in [0.05, 0.1) is 11.1 Å². The number of nitrogens with one attached hydrogen (secondary N) is 1. The van der Waals surface area contributed by atoms with E-state index in [1.165, 1.54) is 29.5 Å². The average Bonchev–Trinajstić information content (AvgIpc) is 2.98. The lowest BCUT2D eigenvalue weighted by Gasteiger charge is -2.11. The topological polar surface area (TPSA) is 49.3 Å². The van der Waals surface area contributed by atoms with E-state index in [1.807, 2.05) is 17.5 Å². The van der Waals surface area contributed by atoms with Crippen molar-refractivity contribution in [3.8, 4) is 0 Å². The first-order valence-electron chi connectivity index (χ1n) is 6.18. The van der Waals surface area contributed by atoms with Gasteiger partial charge in [-0.25, -0.2) is 4.39 Å². The van der Waals surface area contributed by atoms with Gasteiger partial charge in [0.2, 0.25) is 5.91 Å². The number of carbonyl (C=O) groups excluding carboxylic acids is 1. The molecule has 6 heteroatoms. The molecule has 110 valence electrons. The first-order valence-corrected chi connectivity index (χ1v) is 7.44. The van der Waals surface area contributed by atoms with Crippen LogP contribution in [0.5, 0.6) is 0 Å². The molecule has 2 aromatic rings. The number of hydrogen-bond donors (Lipinski definition) is 2. The second-order valence-corrected chi connectivity index (χ2v) is 5.67. The number of halogens is 2. The van der Waals surface area contributed by atoms with Crippen LogP contribution in [0.25, 0.3) is 6.08 Å². The molecular formula is C15H13ClFNO2S. The summed E-state index contributed by atoms with van der Waals surface area (Å²) < 4.78 is 13.3. The van der Waals surface area contributed by atoms with Crippen LogP contribution in [-0.2, 0) is 4.79 Å². The summed E-state index contributed by atoms with van der Waals surface area (Å²) in [4.78, 5) is 12.6. The van der Waals surface area contributed by atoms with E-state index in [0.29, 0.717) is 5.56 Å². The highest BCUT2D eigenvalue weighted by molar-refractivity contribution is 7.10. The van der Waals surface area contributed by atoms with Gasteiger partial charge in [-0.3, -0.25) is 4.79 Å². The van der Waals surface area contributed by atoms with Crippen molar-refractivity contribution in [2.75, 3.05) is 6.54 Å². The Morgan fingerprint density at radius 1 is 1.48 bits per heavy atom. The predicted molar refractivity (Wildman–Crippen MR) is 82.7 cm³/mol. The first-order chi connectivity index (χ1) is 10.1. The van der Waals surface area contributed by atoms with Gasteiger partial charge in [0.25, 0.3) is 0 Å². The highest BCUT2D eigenvalue weighted by atomic mass is 35.5. The van der Waals surface area contributed by atoms with Crippen molar-refractivity contribution >= 4 is 34.9 Å². The number of hydrogen-bond acceptors (Lipinski definition) is 3. The molecule has 3 nitrogen and oxygen atoms in total. The molecule has 0 fully saturated rings. The summed E-state index contributed by atoms with van der Waals surface area (Å²) in [6.45, 7) is -0.00527. The number of amides is 1. The Hall–Kier alpha value is -1.69. The predicted octanol–water partition coefficient (Wildman–Crippen LogP) is 3.40. The van der Waals surface area contributed by atoms with Gasteiger partial charge in [0.15, 0.2) is 0 Å². The monoisotopic (exact) mass is 325 g/mol. The SMILES string of the molecule is O=C(/C=C/c1cccs1)NCC(O)c1ccc(Cl)c(F)c1. The van der Waals surface area contributed by atoms with Gasteiger partial charge >= 0.3 is 0 Å². The van der Waals surface area contributed by atoms with E-state index >= 15 is 0 Å². The van der Waals surface area contributed by atoms with Crippen LogP contribution in [0.3, 0.4) is 0 Å². The maximum absolute atomic E-state index is 13.3. The quantitative estimate of drug-likeness (QED) is 0.828. The highest BCUT2D eigenvalue weighted by Crippen LogP contribution is 2.19. The number of benzene rings is 1. The van der Waals surface area contributed by atoms with Gasteiger partial charge in [0, 0.05) is 17.5 Å². The van der Waals surface area contributed by atoms with Crippen molar-refractivity contribution in [3.05, 3.63) is 63.1 Å². The minimum atomic E-state index is -0.990. The zero-order chi connectivity index (χ0) is 15.2. The van der Waals surface area contributed by atoms with Gasteiger partial charge in [-0.2, -0.15) is 0 Å². The Kier molecular flexibility index (Phi) is 5.50. The van der Waals surface area contributed by atoms with Gasteiger partial charge in [-0.15, -0.1) is 11.3 Å². The third-order valence-electron chi connectivity index (χ3n) is 2.74. The van der Waals surface area contributed by atoms with Crippen molar-refractivity contribution in [2.24, 2.45) is 0 Å². The number of aliphatic hydroxyl groups excluding tert-OH is 1. The van der Waals surface area contributed by atoms with E-state index in [-0.39, 0.29) is 17.5 Å². The van der Waals surface area contributed by atoms with Crippen molar-refractivity contribution < 1.29 is 14.3 Å². The third-order valence-corrected chi connectivity index (χ3v) is 3.88. The van der Waals surface area contributed by atoms with E-state index < -0.39 is 11.9 Å². The summed E-state index contributed by atoms with van der Waals surface area (Å²) in [7, 11) is 0. The zero-order valence-electron chi connectivity index (χ0n) is 10.9. The molecule has 2 rings (SSSR count). The van der Waals surface area contributed by atoms with E-state index in [4.69, 9.17) is 11.6 Å². The summed E-state index contributed by atoms with van der Waals surface area (Å²) in [6.07, 6.45) is 2.09. The summed E-state index contributed by atoms with van der Waals surface area (Å²) in [6, 6.07) is 7.82. The largest absolute Gasteiger partial charge is 0.387 e. The minimum absolute atomic E-state index is 0.00527. The fourth-order valence-electron chi connectivity index (χ4n) is 1.64. The van der Waals surface area contributed by atoms with Crippen LogP contribution in [0.15, 0.2) is 41.8 Å². The molecule has 0 radical (unpaired) electrons. The Morgan fingerprint density at radius 2 is 2.29 bits per heavy atom. The Bertz CT molecular complexity index is 643. The zero-order valence-corrected chi connectivity index (χ0v) is 12.5. The molecule has 0 bridgehead atoms. The van der Waals surface area contributed by atoms with Crippen LogP contribution in [0.4, 0.5) is 4.39 Å². The molecule has 1 aromatic carbocycles. The van der Waals surface area contributed by atoms with E-state index in [9.17, 15) is 14.3 Å². The molecule has 21 heavy (non-hydrogen) atoms. The number of thiophene rings is 1. The van der Waals surface area contributed by atoms with Crippen molar-refractivity contribution in [1.82, 2.24) is 5.32 Å². The lowest BCUT2D eigenvalue weighted by Crippen LogP contribution is -2.26. The van der Waals surface area contributed by atoms with Crippen LogP contribution in [0.1, 0.15) is 16.5 Å². The average molecular weight is 326 g/mol. The van der Waals surface area contributed by atoms with Crippen molar-refractivity contribution in [2.45, 2.75) is 6.10 Å². The molecule has 2 N–H and O–H groups in total. The Balaban J connectivity index is 1.87. The third kappa shape index (κ3) is 4.67. The molecule has 0 aliphatic carbocycles. The maximum atomic E-state index is 13.3. The number of rotatable bonds is 5. The summed E-state index contributed by atoms with van der Waals surface area (Å²) in [5.41, 5.74) is 0.361. The van der Waals surface area contributed by atoms with Crippen LogP contribution in [0.2, 0.25) is 5.02 Å². The minimum Gasteiger partial charge on any atom is -0.387 e. The smallest absolute Gasteiger partial charge is 0.244 e. The van der Waals surface area contributed by atoms with E-state index in [1.54, 1.807) is 6.08 Å². The van der Waals surface area contributed by atoms with Gasteiger partial charge in [-0.1, -0.05) is 23.7 Å². The molecule has 1 atom stereocenters. The molecule has 1 heterocycles. The van der Waals surface area contributed by atoms with Gasteiger partial charge < -0.3 is 10.4 Å². The van der Waals surface area contributed by atoms with Crippen LogP contribution < -0.4 is 5.32 Å². The van der Waals surface area contributed by atoms with Gasteiger partial charge in [-0.05, 0) is 35.2 Å². The molecule has 1 unspecified atom stereocenters. The van der Waals surface area contributed by atoms with Crippen molar-refractivity contribution in [1.29, 1.82) is 0 Å².